The fourth-order valence-corrected chi connectivity index (χ4v) is 2.85. The van der Waals surface area contributed by atoms with Gasteiger partial charge in [0.2, 0.25) is 0 Å². The van der Waals surface area contributed by atoms with E-state index >= 15 is 0 Å². The van der Waals surface area contributed by atoms with Gasteiger partial charge in [-0.1, -0.05) is 38.1 Å². The average Bonchev–Trinajstić information content (AvgIpc) is 2.20. The molecule has 0 saturated carbocycles. The summed E-state index contributed by atoms with van der Waals surface area (Å²) in [6, 6.07) is 9.08. The molecule has 2 aliphatic rings. The lowest BCUT2D eigenvalue weighted by molar-refractivity contribution is -0.191. The fraction of sp³-hybridized carbons (Fsp3) is 0.600. The number of hydrogen-bond acceptors (Lipinski definition) is 2. The van der Waals surface area contributed by atoms with Gasteiger partial charge >= 0.3 is 0 Å². The summed E-state index contributed by atoms with van der Waals surface area (Å²) in [5.74, 6) is 0.628. The zero-order valence-electron chi connectivity index (χ0n) is 10.8. The lowest BCUT2D eigenvalue weighted by Gasteiger charge is -2.55. The summed E-state index contributed by atoms with van der Waals surface area (Å²) >= 11 is 0. The molecule has 17 heavy (non-hydrogen) atoms. The SMILES string of the molecule is CC(C)c1ccc(CN2CC3(COC3)C2)cc1. The molecule has 1 aromatic carbocycles. The van der Waals surface area contributed by atoms with Crippen molar-refractivity contribution in [3.63, 3.8) is 0 Å². The minimum absolute atomic E-state index is 0.540. The summed E-state index contributed by atoms with van der Waals surface area (Å²) < 4.78 is 5.29. The van der Waals surface area contributed by atoms with E-state index < -0.39 is 0 Å². The van der Waals surface area contributed by atoms with Gasteiger partial charge in [-0.25, -0.2) is 0 Å². The zero-order valence-corrected chi connectivity index (χ0v) is 10.8. The molecule has 2 heterocycles. The predicted octanol–water partition coefficient (Wildman–Crippen LogP) is 2.64. The van der Waals surface area contributed by atoms with Crippen LogP contribution in [0.1, 0.15) is 30.9 Å². The molecule has 2 saturated heterocycles. The minimum atomic E-state index is 0.540. The van der Waals surface area contributed by atoms with Crippen molar-refractivity contribution in [2.75, 3.05) is 26.3 Å². The zero-order chi connectivity index (χ0) is 11.9. The van der Waals surface area contributed by atoms with Crippen molar-refractivity contribution >= 4 is 0 Å². The third-order valence-corrected chi connectivity index (χ3v) is 3.99. The van der Waals surface area contributed by atoms with E-state index in [9.17, 15) is 0 Å². The second-order valence-corrected chi connectivity index (χ2v) is 6.03. The summed E-state index contributed by atoms with van der Waals surface area (Å²) in [5, 5.41) is 0. The van der Waals surface area contributed by atoms with Crippen molar-refractivity contribution in [3.05, 3.63) is 35.4 Å². The summed E-state index contributed by atoms with van der Waals surface area (Å²) in [4.78, 5) is 2.52. The van der Waals surface area contributed by atoms with Crippen LogP contribution in [0.5, 0.6) is 0 Å². The fourth-order valence-electron chi connectivity index (χ4n) is 2.85. The molecule has 0 bridgehead atoms. The number of hydrogen-bond donors (Lipinski definition) is 0. The van der Waals surface area contributed by atoms with Crippen LogP contribution in [0.3, 0.4) is 0 Å². The van der Waals surface area contributed by atoms with Gasteiger partial charge in [0.25, 0.3) is 0 Å². The molecule has 2 fully saturated rings. The number of rotatable bonds is 3. The summed E-state index contributed by atoms with van der Waals surface area (Å²) in [6.45, 7) is 9.99. The first kappa shape index (κ1) is 11.2. The second kappa shape index (κ2) is 4.11. The molecule has 0 unspecified atom stereocenters. The number of benzene rings is 1. The standard InChI is InChI=1S/C15H21NO/c1-12(2)14-5-3-13(4-6-14)7-16-8-15(9-16)10-17-11-15/h3-6,12H,7-11H2,1-2H3. The van der Waals surface area contributed by atoms with E-state index in [1.165, 1.54) is 24.2 Å². The Kier molecular flexibility index (Phi) is 2.72. The Bertz CT molecular complexity index is 384. The maximum Gasteiger partial charge on any atom is 0.0569 e. The van der Waals surface area contributed by atoms with Crippen LogP contribution in [0.2, 0.25) is 0 Å². The van der Waals surface area contributed by atoms with E-state index in [2.05, 4.69) is 43.0 Å². The molecule has 0 aliphatic carbocycles. The van der Waals surface area contributed by atoms with Gasteiger partial charge in [-0.05, 0) is 17.0 Å². The Labute approximate surface area is 104 Å². The monoisotopic (exact) mass is 231 g/mol. The van der Waals surface area contributed by atoms with Crippen molar-refractivity contribution < 1.29 is 4.74 Å². The molecule has 2 heteroatoms. The molecular formula is C15H21NO. The molecule has 0 N–H and O–H groups in total. The summed E-state index contributed by atoms with van der Waals surface area (Å²) in [7, 11) is 0. The molecule has 1 aromatic rings. The first-order valence-corrected chi connectivity index (χ1v) is 6.56. The third kappa shape index (κ3) is 2.12. The van der Waals surface area contributed by atoms with Gasteiger partial charge in [-0.15, -0.1) is 0 Å². The van der Waals surface area contributed by atoms with Gasteiger partial charge in [0.15, 0.2) is 0 Å². The summed E-state index contributed by atoms with van der Waals surface area (Å²) in [5.41, 5.74) is 3.41. The van der Waals surface area contributed by atoms with Crippen molar-refractivity contribution in [3.8, 4) is 0 Å². The van der Waals surface area contributed by atoms with Gasteiger partial charge in [0.05, 0.1) is 13.2 Å². The van der Waals surface area contributed by atoms with Crippen molar-refractivity contribution in [2.24, 2.45) is 5.41 Å². The lowest BCUT2D eigenvalue weighted by Crippen LogP contribution is -2.65. The molecule has 2 nitrogen and oxygen atoms in total. The number of ether oxygens (including phenoxy) is 1. The lowest BCUT2D eigenvalue weighted by atomic mass is 9.78. The van der Waals surface area contributed by atoms with E-state index in [-0.39, 0.29) is 0 Å². The van der Waals surface area contributed by atoms with Gasteiger partial charge < -0.3 is 4.74 Å². The molecule has 3 rings (SSSR count). The molecule has 0 radical (unpaired) electrons. The van der Waals surface area contributed by atoms with Crippen molar-refractivity contribution in [1.82, 2.24) is 4.90 Å². The molecule has 0 aromatic heterocycles. The molecule has 2 aliphatic heterocycles. The van der Waals surface area contributed by atoms with Crippen LogP contribution in [0.25, 0.3) is 0 Å². The maximum atomic E-state index is 5.29. The van der Waals surface area contributed by atoms with Gasteiger partial charge in [-0.3, -0.25) is 4.90 Å². The van der Waals surface area contributed by atoms with Crippen LogP contribution in [0, 0.1) is 5.41 Å². The van der Waals surface area contributed by atoms with Gasteiger partial charge in [0, 0.05) is 25.0 Å². The Morgan fingerprint density at radius 3 is 2.29 bits per heavy atom. The maximum absolute atomic E-state index is 5.29. The van der Waals surface area contributed by atoms with Crippen LogP contribution in [-0.2, 0) is 11.3 Å². The predicted molar refractivity (Wildman–Crippen MR) is 69.1 cm³/mol. The highest BCUT2D eigenvalue weighted by atomic mass is 16.5. The van der Waals surface area contributed by atoms with Gasteiger partial charge in [-0.2, -0.15) is 0 Å². The van der Waals surface area contributed by atoms with Crippen LogP contribution in [0.15, 0.2) is 24.3 Å². The van der Waals surface area contributed by atoms with Crippen LogP contribution < -0.4 is 0 Å². The Hall–Kier alpha value is -0.860. The minimum Gasteiger partial charge on any atom is -0.380 e. The van der Waals surface area contributed by atoms with E-state index in [1.807, 2.05) is 0 Å². The topological polar surface area (TPSA) is 12.5 Å². The van der Waals surface area contributed by atoms with Crippen LogP contribution >= 0.6 is 0 Å². The second-order valence-electron chi connectivity index (χ2n) is 6.03. The van der Waals surface area contributed by atoms with Gasteiger partial charge in [0.1, 0.15) is 0 Å². The number of nitrogens with zero attached hydrogens (tertiary/aromatic N) is 1. The Morgan fingerprint density at radius 2 is 1.82 bits per heavy atom. The van der Waals surface area contributed by atoms with Crippen molar-refractivity contribution in [1.29, 1.82) is 0 Å². The molecule has 0 amide bonds. The van der Waals surface area contributed by atoms with Crippen molar-refractivity contribution in [2.45, 2.75) is 26.3 Å². The molecule has 0 atom stereocenters. The quantitative estimate of drug-likeness (QED) is 0.793. The largest absolute Gasteiger partial charge is 0.380 e. The first-order valence-electron chi connectivity index (χ1n) is 6.56. The first-order chi connectivity index (χ1) is 8.17. The van der Waals surface area contributed by atoms with E-state index in [4.69, 9.17) is 4.74 Å². The Morgan fingerprint density at radius 1 is 1.18 bits per heavy atom. The molecular weight excluding hydrogens is 210 g/mol. The van der Waals surface area contributed by atoms with Crippen LogP contribution in [-0.4, -0.2) is 31.2 Å². The molecule has 92 valence electrons. The van der Waals surface area contributed by atoms with E-state index in [0.717, 1.165) is 19.8 Å². The van der Waals surface area contributed by atoms with E-state index in [1.54, 1.807) is 0 Å². The third-order valence-electron chi connectivity index (χ3n) is 3.99. The Balaban J connectivity index is 1.55. The highest BCUT2D eigenvalue weighted by molar-refractivity contribution is 5.25. The summed E-state index contributed by atoms with van der Waals surface area (Å²) in [6.07, 6.45) is 0. The smallest absolute Gasteiger partial charge is 0.0569 e. The average molecular weight is 231 g/mol. The van der Waals surface area contributed by atoms with E-state index in [0.29, 0.717) is 11.3 Å². The highest BCUT2D eigenvalue weighted by Gasteiger charge is 2.48. The van der Waals surface area contributed by atoms with Crippen LogP contribution in [0.4, 0.5) is 0 Å². The normalized spacial score (nSPS) is 22.5. The number of likely N-dealkylation sites (tertiary alicyclic amines) is 1. The highest BCUT2D eigenvalue weighted by Crippen LogP contribution is 2.38. The molecule has 1 spiro atoms.